The first kappa shape index (κ1) is 25.2. The van der Waals surface area contributed by atoms with Crippen LogP contribution < -0.4 is 5.56 Å². The Balaban J connectivity index is 1.26. The summed E-state index contributed by atoms with van der Waals surface area (Å²) in [7, 11) is 1.35. The van der Waals surface area contributed by atoms with Crippen molar-refractivity contribution >= 4 is 32.9 Å². The number of fused-ring (bicyclic) bond motifs is 1. The summed E-state index contributed by atoms with van der Waals surface area (Å²) in [6.07, 6.45) is 3.85. The molecule has 1 N–H and O–H groups in total. The van der Waals surface area contributed by atoms with Crippen LogP contribution in [0.1, 0.15) is 28.8 Å². The molecule has 0 unspecified atom stereocenters. The molecular formula is C26H25BrFN5O4. The number of methoxy groups -OCH3 is 1. The first-order valence-corrected chi connectivity index (χ1v) is 12.6. The number of aliphatic hydroxyl groups is 1. The lowest BCUT2D eigenvalue weighted by Crippen LogP contribution is -2.47. The maximum atomic E-state index is 13.3. The number of carbonyl (C=O) groups is 1. The summed E-state index contributed by atoms with van der Waals surface area (Å²) in [6, 6.07) is 11.2. The van der Waals surface area contributed by atoms with E-state index in [1.54, 1.807) is 24.3 Å². The molecule has 2 aromatic heterocycles. The van der Waals surface area contributed by atoms with Crippen LogP contribution in [0.4, 0.5) is 4.39 Å². The average molecular weight is 570 g/mol. The molecule has 4 aromatic rings. The van der Waals surface area contributed by atoms with Gasteiger partial charge in [-0.05, 0) is 54.8 Å². The molecule has 1 saturated heterocycles. The Morgan fingerprint density at radius 2 is 1.92 bits per heavy atom. The van der Waals surface area contributed by atoms with Gasteiger partial charge in [0, 0.05) is 24.1 Å². The second kappa shape index (κ2) is 10.2. The van der Waals surface area contributed by atoms with Gasteiger partial charge in [-0.25, -0.2) is 18.9 Å². The van der Waals surface area contributed by atoms with Gasteiger partial charge in [0.1, 0.15) is 17.5 Å². The fraction of sp³-hybridized carbons (Fsp3) is 0.308. The highest BCUT2D eigenvalue weighted by Crippen LogP contribution is 2.27. The number of rotatable bonds is 6. The Bertz CT molecular complexity index is 1510. The highest BCUT2D eigenvalue weighted by Gasteiger charge is 2.33. The minimum Gasteiger partial charge on any atom is -0.465 e. The summed E-state index contributed by atoms with van der Waals surface area (Å²) in [5.74, 6) is -0.750. The SMILES string of the molecule is COC(=O)c1ccc(CN2CCC(O)(Cn3cnc4c(cnn4-c4ccc(F)cc4)c3=O)CC2)c(Br)c1. The fourth-order valence-corrected chi connectivity index (χ4v) is 5.10. The molecule has 0 saturated carbocycles. The van der Waals surface area contributed by atoms with E-state index >= 15 is 0 Å². The lowest BCUT2D eigenvalue weighted by molar-refractivity contribution is -0.0365. The summed E-state index contributed by atoms with van der Waals surface area (Å²) in [5.41, 5.74) is 1.14. The zero-order valence-electron chi connectivity index (χ0n) is 20.1. The summed E-state index contributed by atoms with van der Waals surface area (Å²) in [4.78, 5) is 31.5. The Morgan fingerprint density at radius 1 is 1.19 bits per heavy atom. The van der Waals surface area contributed by atoms with E-state index in [1.165, 1.54) is 41.0 Å². The molecule has 1 fully saturated rings. The van der Waals surface area contributed by atoms with Gasteiger partial charge in [0.25, 0.3) is 5.56 Å². The number of likely N-dealkylation sites (tertiary alicyclic amines) is 1. The predicted octanol–water partition coefficient (Wildman–Crippen LogP) is 3.30. The van der Waals surface area contributed by atoms with Gasteiger partial charge in [0.15, 0.2) is 5.65 Å². The van der Waals surface area contributed by atoms with Crippen molar-refractivity contribution in [1.29, 1.82) is 0 Å². The Kier molecular flexibility index (Phi) is 6.93. The lowest BCUT2D eigenvalue weighted by atomic mass is 9.91. The van der Waals surface area contributed by atoms with Crippen molar-refractivity contribution in [3.63, 3.8) is 0 Å². The van der Waals surface area contributed by atoms with Gasteiger partial charge in [-0.3, -0.25) is 14.3 Å². The van der Waals surface area contributed by atoms with E-state index in [-0.39, 0.29) is 23.9 Å². The maximum absolute atomic E-state index is 13.3. The van der Waals surface area contributed by atoms with Crippen LogP contribution in [0.15, 0.2) is 64.3 Å². The van der Waals surface area contributed by atoms with Gasteiger partial charge in [-0.15, -0.1) is 0 Å². The second-order valence-electron chi connectivity index (χ2n) is 9.25. The van der Waals surface area contributed by atoms with Crippen molar-refractivity contribution in [3.05, 3.63) is 86.8 Å². The highest BCUT2D eigenvalue weighted by molar-refractivity contribution is 9.10. The molecule has 0 aliphatic carbocycles. The molecule has 1 aliphatic heterocycles. The van der Waals surface area contributed by atoms with Gasteiger partial charge in [-0.2, -0.15) is 5.10 Å². The molecular weight excluding hydrogens is 545 g/mol. The predicted molar refractivity (Wildman–Crippen MR) is 138 cm³/mol. The number of carbonyl (C=O) groups excluding carboxylic acids is 1. The maximum Gasteiger partial charge on any atom is 0.337 e. The molecule has 9 nitrogen and oxygen atoms in total. The summed E-state index contributed by atoms with van der Waals surface area (Å²) < 4.78 is 21.8. The molecule has 0 amide bonds. The molecule has 37 heavy (non-hydrogen) atoms. The number of ether oxygens (including phenoxy) is 1. The summed E-state index contributed by atoms with van der Waals surface area (Å²) >= 11 is 3.53. The fourth-order valence-electron chi connectivity index (χ4n) is 4.60. The molecule has 11 heteroatoms. The van der Waals surface area contributed by atoms with Gasteiger partial charge >= 0.3 is 5.97 Å². The van der Waals surface area contributed by atoms with Gasteiger partial charge in [0.2, 0.25) is 0 Å². The van der Waals surface area contributed by atoms with Gasteiger partial charge in [-0.1, -0.05) is 22.0 Å². The van der Waals surface area contributed by atoms with E-state index in [0.717, 1.165) is 10.0 Å². The number of piperidine rings is 1. The van der Waals surface area contributed by atoms with Crippen LogP contribution in [0.3, 0.4) is 0 Å². The molecule has 3 heterocycles. The van der Waals surface area contributed by atoms with Gasteiger partial charge < -0.3 is 9.84 Å². The number of hydrogen-bond acceptors (Lipinski definition) is 7. The van der Waals surface area contributed by atoms with E-state index in [2.05, 4.69) is 30.9 Å². The lowest BCUT2D eigenvalue weighted by Gasteiger charge is -2.38. The van der Waals surface area contributed by atoms with Crippen molar-refractivity contribution in [1.82, 2.24) is 24.2 Å². The van der Waals surface area contributed by atoms with Crippen LogP contribution >= 0.6 is 15.9 Å². The molecule has 192 valence electrons. The van der Waals surface area contributed by atoms with Crippen LogP contribution in [0.25, 0.3) is 16.7 Å². The molecule has 0 bridgehead atoms. The third-order valence-electron chi connectivity index (χ3n) is 6.75. The number of hydrogen-bond donors (Lipinski definition) is 1. The van der Waals surface area contributed by atoms with Gasteiger partial charge in [0.05, 0.1) is 36.7 Å². The smallest absolute Gasteiger partial charge is 0.337 e. The topological polar surface area (TPSA) is 102 Å². The van der Waals surface area contributed by atoms with Crippen molar-refractivity contribution < 1.29 is 19.0 Å². The van der Waals surface area contributed by atoms with Crippen LogP contribution in [-0.4, -0.2) is 61.1 Å². The Morgan fingerprint density at radius 3 is 2.59 bits per heavy atom. The number of nitrogens with zero attached hydrogens (tertiary/aromatic N) is 5. The minimum atomic E-state index is -1.05. The summed E-state index contributed by atoms with van der Waals surface area (Å²) in [5, 5.41) is 15.8. The first-order valence-electron chi connectivity index (χ1n) is 11.8. The minimum absolute atomic E-state index is 0.127. The monoisotopic (exact) mass is 569 g/mol. The molecule has 0 atom stereocenters. The number of aromatic nitrogens is 4. The Labute approximate surface area is 220 Å². The van der Waals surface area contributed by atoms with Crippen LogP contribution in [-0.2, 0) is 17.8 Å². The zero-order chi connectivity index (χ0) is 26.2. The van der Waals surface area contributed by atoms with Crippen molar-refractivity contribution in [2.45, 2.75) is 31.5 Å². The van der Waals surface area contributed by atoms with Crippen LogP contribution in [0.5, 0.6) is 0 Å². The average Bonchev–Trinajstić information content (AvgIpc) is 3.33. The molecule has 1 aliphatic rings. The molecule has 0 spiro atoms. The van der Waals surface area contributed by atoms with Crippen molar-refractivity contribution in [2.75, 3.05) is 20.2 Å². The van der Waals surface area contributed by atoms with E-state index in [1.807, 2.05) is 6.07 Å². The van der Waals surface area contributed by atoms with Crippen molar-refractivity contribution in [2.24, 2.45) is 0 Å². The third kappa shape index (κ3) is 5.20. The third-order valence-corrected chi connectivity index (χ3v) is 7.48. The molecule has 5 rings (SSSR count). The number of halogens is 2. The van der Waals surface area contributed by atoms with Crippen molar-refractivity contribution in [3.8, 4) is 5.69 Å². The van der Waals surface area contributed by atoms with Crippen LogP contribution in [0.2, 0.25) is 0 Å². The molecule has 0 radical (unpaired) electrons. The molecule has 2 aromatic carbocycles. The quantitative estimate of drug-likeness (QED) is 0.355. The largest absolute Gasteiger partial charge is 0.465 e. The second-order valence-corrected chi connectivity index (χ2v) is 10.1. The van der Waals surface area contributed by atoms with Crippen LogP contribution in [0, 0.1) is 5.82 Å². The normalized spacial score (nSPS) is 15.7. The number of benzene rings is 2. The van der Waals surface area contributed by atoms with E-state index in [4.69, 9.17) is 4.74 Å². The highest BCUT2D eigenvalue weighted by atomic mass is 79.9. The Hall–Kier alpha value is -3.41. The first-order chi connectivity index (χ1) is 17.8. The van der Waals surface area contributed by atoms with E-state index in [9.17, 15) is 19.1 Å². The van der Waals surface area contributed by atoms with E-state index in [0.29, 0.717) is 54.8 Å². The zero-order valence-corrected chi connectivity index (χ0v) is 21.7. The number of esters is 1. The van der Waals surface area contributed by atoms with E-state index < -0.39 is 5.60 Å². The summed E-state index contributed by atoms with van der Waals surface area (Å²) in [6.45, 7) is 2.08. The standard InChI is InChI=1S/C26H25BrFN5O4/c1-37-25(35)17-2-3-18(22(27)12-17)14-31-10-8-26(36,9-11-31)15-32-16-29-23-21(24(32)34)13-30-33(23)20-6-4-19(28)5-7-20/h2-7,12-13,16,36H,8-11,14-15H2,1H3.